The number of nitrogens with zero attached hydrogens (tertiary/aromatic N) is 1. The van der Waals surface area contributed by atoms with Crippen molar-refractivity contribution in [1.29, 1.82) is 0 Å². The lowest BCUT2D eigenvalue weighted by molar-refractivity contribution is -0.148. The van der Waals surface area contributed by atoms with Crippen molar-refractivity contribution in [2.45, 2.75) is 13.0 Å². The fourth-order valence-corrected chi connectivity index (χ4v) is 1.53. The molecule has 0 aliphatic rings. The van der Waals surface area contributed by atoms with Crippen molar-refractivity contribution in [3.8, 4) is 0 Å². The molecule has 0 bridgehead atoms. The highest BCUT2D eigenvalue weighted by molar-refractivity contribution is 5.77. The van der Waals surface area contributed by atoms with Crippen molar-refractivity contribution in [1.82, 2.24) is 4.90 Å². The summed E-state index contributed by atoms with van der Waals surface area (Å²) in [6.45, 7) is 2.02. The predicted molar refractivity (Wildman–Crippen MR) is 59.5 cm³/mol. The van der Waals surface area contributed by atoms with Gasteiger partial charge < -0.3 is 4.74 Å². The van der Waals surface area contributed by atoms with E-state index in [1.54, 1.807) is 44.1 Å². The molecule has 0 saturated heterocycles. The summed E-state index contributed by atoms with van der Waals surface area (Å²) in [5, 5.41) is 0. The van der Waals surface area contributed by atoms with Gasteiger partial charge in [0.05, 0.1) is 6.61 Å². The molecular weight excluding hydrogens is 209 g/mol. The van der Waals surface area contributed by atoms with E-state index in [4.69, 9.17) is 4.74 Å². The molecule has 1 aromatic carbocycles. The average molecular weight is 225 g/mol. The Morgan fingerprint density at radius 2 is 2.06 bits per heavy atom. The lowest BCUT2D eigenvalue weighted by atomic mass is 10.1. The van der Waals surface area contributed by atoms with Crippen LogP contribution < -0.4 is 0 Å². The summed E-state index contributed by atoms with van der Waals surface area (Å²) in [6, 6.07) is 5.54. The first kappa shape index (κ1) is 12.6. The summed E-state index contributed by atoms with van der Waals surface area (Å²) >= 11 is 0. The minimum atomic E-state index is -0.693. The van der Waals surface area contributed by atoms with Gasteiger partial charge in [0.2, 0.25) is 0 Å². The summed E-state index contributed by atoms with van der Waals surface area (Å²) in [5.74, 6) is -0.827. The van der Waals surface area contributed by atoms with Crippen molar-refractivity contribution < 1.29 is 13.9 Å². The summed E-state index contributed by atoms with van der Waals surface area (Å²) in [4.78, 5) is 13.3. The van der Waals surface area contributed by atoms with Crippen LogP contribution in [0.25, 0.3) is 0 Å². The van der Waals surface area contributed by atoms with Crippen LogP contribution in [-0.2, 0) is 9.53 Å². The van der Waals surface area contributed by atoms with Gasteiger partial charge in [-0.1, -0.05) is 18.2 Å². The Labute approximate surface area is 94.8 Å². The molecule has 4 heteroatoms. The van der Waals surface area contributed by atoms with Crippen LogP contribution in [0.4, 0.5) is 4.39 Å². The predicted octanol–water partition coefficient (Wildman–Crippen LogP) is 1.99. The molecular formula is C12H16FNO2. The Kier molecular flexibility index (Phi) is 4.43. The number of carbonyl (C=O) groups is 1. The molecule has 0 spiro atoms. The van der Waals surface area contributed by atoms with Gasteiger partial charge >= 0.3 is 5.97 Å². The molecule has 3 nitrogen and oxygen atoms in total. The number of halogens is 1. The van der Waals surface area contributed by atoms with Gasteiger partial charge in [0.15, 0.2) is 0 Å². The van der Waals surface area contributed by atoms with Crippen LogP contribution in [0, 0.1) is 5.82 Å². The van der Waals surface area contributed by atoms with E-state index < -0.39 is 17.8 Å². The van der Waals surface area contributed by atoms with Crippen molar-refractivity contribution in [3.05, 3.63) is 35.6 Å². The molecule has 0 aliphatic heterocycles. The van der Waals surface area contributed by atoms with E-state index in [0.29, 0.717) is 5.56 Å². The normalized spacial score (nSPS) is 12.6. The highest BCUT2D eigenvalue weighted by Gasteiger charge is 2.26. The van der Waals surface area contributed by atoms with Crippen molar-refractivity contribution >= 4 is 5.97 Å². The zero-order chi connectivity index (χ0) is 12.1. The van der Waals surface area contributed by atoms with Gasteiger partial charge in [-0.2, -0.15) is 0 Å². The largest absolute Gasteiger partial charge is 0.465 e. The molecule has 1 atom stereocenters. The maximum absolute atomic E-state index is 13.6. The number of hydrogen-bond donors (Lipinski definition) is 0. The second kappa shape index (κ2) is 5.61. The Bertz CT molecular complexity index is 366. The van der Waals surface area contributed by atoms with Gasteiger partial charge in [-0.05, 0) is 27.1 Å². The van der Waals surface area contributed by atoms with Crippen LogP contribution in [0.1, 0.15) is 18.5 Å². The van der Waals surface area contributed by atoms with E-state index in [1.807, 2.05) is 0 Å². The molecule has 1 aromatic rings. The van der Waals surface area contributed by atoms with E-state index in [9.17, 15) is 9.18 Å². The molecule has 0 fully saturated rings. The van der Waals surface area contributed by atoms with E-state index in [0.717, 1.165) is 0 Å². The average Bonchev–Trinajstić information content (AvgIpc) is 2.21. The number of hydrogen-bond acceptors (Lipinski definition) is 3. The molecule has 88 valence electrons. The van der Waals surface area contributed by atoms with E-state index >= 15 is 0 Å². The van der Waals surface area contributed by atoms with E-state index in [1.165, 1.54) is 6.07 Å². The monoisotopic (exact) mass is 225 g/mol. The van der Waals surface area contributed by atoms with Crippen molar-refractivity contribution in [2.75, 3.05) is 20.7 Å². The number of carbonyl (C=O) groups excluding carboxylic acids is 1. The third-order valence-corrected chi connectivity index (χ3v) is 2.23. The first-order valence-electron chi connectivity index (χ1n) is 5.15. The number of likely N-dealkylation sites (N-methyl/N-ethyl adjacent to an activating group) is 1. The molecule has 0 heterocycles. The second-order valence-electron chi connectivity index (χ2n) is 3.64. The number of ether oxygens (including phenoxy) is 1. The van der Waals surface area contributed by atoms with Gasteiger partial charge in [-0.3, -0.25) is 4.90 Å². The minimum absolute atomic E-state index is 0.289. The first-order chi connectivity index (χ1) is 7.57. The third kappa shape index (κ3) is 2.79. The number of benzene rings is 1. The Morgan fingerprint density at radius 1 is 1.44 bits per heavy atom. The lowest BCUT2D eigenvalue weighted by Crippen LogP contribution is -2.30. The maximum Gasteiger partial charge on any atom is 0.328 e. The summed E-state index contributed by atoms with van der Waals surface area (Å²) in [6.07, 6.45) is 0. The van der Waals surface area contributed by atoms with Crippen molar-refractivity contribution in [3.63, 3.8) is 0 Å². The third-order valence-electron chi connectivity index (χ3n) is 2.23. The van der Waals surface area contributed by atoms with Crippen LogP contribution >= 0.6 is 0 Å². The Balaban J connectivity index is 3.03. The van der Waals surface area contributed by atoms with Gasteiger partial charge in [0.1, 0.15) is 11.9 Å². The molecule has 16 heavy (non-hydrogen) atoms. The van der Waals surface area contributed by atoms with Crippen LogP contribution in [-0.4, -0.2) is 31.6 Å². The van der Waals surface area contributed by atoms with Crippen LogP contribution in [0.15, 0.2) is 24.3 Å². The fourth-order valence-electron chi connectivity index (χ4n) is 1.53. The molecule has 0 aliphatic carbocycles. The van der Waals surface area contributed by atoms with Gasteiger partial charge in [-0.15, -0.1) is 0 Å². The number of rotatable bonds is 4. The zero-order valence-corrected chi connectivity index (χ0v) is 9.74. The highest BCUT2D eigenvalue weighted by atomic mass is 19.1. The number of esters is 1. The molecule has 0 amide bonds. The van der Waals surface area contributed by atoms with Crippen LogP contribution in [0.3, 0.4) is 0 Å². The molecule has 1 unspecified atom stereocenters. The topological polar surface area (TPSA) is 29.5 Å². The van der Waals surface area contributed by atoms with Gasteiger partial charge in [0, 0.05) is 5.56 Å². The molecule has 1 rings (SSSR count). The summed E-state index contributed by atoms with van der Waals surface area (Å²) in [7, 11) is 3.43. The Hall–Kier alpha value is -1.42. The van der Waals surface area contributed by atoms with Crippen molar-refractivity contribution in [2.24, 2.45) is 0 Å². The summed E-state index contributed by atoms with van der Waals surface area (Å²) < 4.78 is 18.5. The minimum Gasteiger partial charge on any atom is -0.465 e. The first-order valence-corrected chi connectivity index (χ1v) is 5.15. The smallest absolute Gasteiger partial charge is 0.328 e. The molecule has 0 saturated carbocycles. The van der Waals surface area contributed by atoms with E-state index in [2.05, 4.69) is 0 Å². The Morgan fingerprint density at radius 3 is 2.56 bits per heavy atom. The van der Waals surface area contributed by atoms with Gasteiger partial charge in [-0.25, -0.2) is 9.18 Å². The van der Waals surface area contributed by atoms with E-state index in [-0.39, 0.29) is 6.61 Å². The lowest BCUT2D eigenvalue weighted by Gasteiger charge is -2.22. The molecule has 0 aromatic heterocycles. The SMILES string of the molecule is CCOC(=O)C(c1ccccc1F)N(C)C. The standard InChI is InChI=1S/C12H16FNO2/c1-4-16-12(15)11(14(2)3)9-7-5-6-8-10(9)13/h5-8,11H,4H2,1-3H3. The highest BCUT2D eigenvalue weighted by Crippen LogP contribution is 2.22. The van der Waals surface area contributed by atoms with Crippen LogP contribution in [0.2, 0.25) is 0 Å². The van der Waals surface area contributed by atoms with Crippen LogP contribution in [0.5, 0.6) is 0 Å². The quantitative estimate of drug-likeness (QED) is 0.734. The second-order valence-corrected chi connectivity index (χ2v) is 3.64. The summed E-state index contributed by atoms with van der Waals surface area (Å²) in [5.41, 5.74) is 0.339. The molecule has 0 N–H and O–H groups in total. The zero-order valence-electron chi connectivity index (χ0n) is 9.74. The maximum atomic E-state index is 13.6. The van der Waals surface area contributed by atoms with Gasteiger partial charge in [0.25, 0.3) is 0 Å². The molecule has 0 radical (unpaired) electrons. The fraction of sp³-hybridized carbons (Fsp3) is 0.417.